The van der Waals surface area contributed by atoms with Crippen molar-refractivity contribution in [1.29, 1.82) is 0 Å². The number of benzene rings is 8. The van der Waals surface area contributed by atoms with Gasteiger partial charge in [-0.1, -0.05) is 158 Å². The molecule has 0 aliphatic heterocycles. The summed E-state index contributed by atoms with van der Waals surface area (Å²) < 4.78 is 2.44. The summed E-state index contributed by atoms with van der Waals surface area (Å²) in [6.45, 7) is 2.16. The van der Waals surface area contributed by atoms with Crippen LogP contribution in [0, 0.1) is 6.92 Å². The van der Waals surface area contributed by atoms with Crippen LogP contribution in [-0.4, -0.2) is 9.97 Å². The fourth-order valence-corrected chi connectivity index (χ4v) is 9.05. The van der Waals surface area contributed by atoms with Crippen LogP contribution >= 0.6 is 11.3 Å². The van der Waals surface area contributed by atoms with E-state index >= 15 is 0 Å². The molecule has 0 amide bonds. The van der Waals surface area contributed by atoms with Crippen molar-refractivity contribution in [2.24, 2.45) is 0 Å². The number of aromatic nitrogens is 2. The van der Waals surface area contributed by atoms with Crippen LogP contribution in [-0.2, 0) is 0 Å². The third-order valence-corrected chi connectivity index (χ3v) is 11.7. The molecule has 10 rings (SSSR count). The molecule has 57 heavy (non-hydrogen) atoms. The smallest absolute Gasteiger partial charge is 0.160 e. The zero-order valence-corrected chi connectivity index (χ0v) is 32.2. The summed E-state index contributed by atoms with van der Waals surface area (Å²) in [4.78, 5) is 12.9. The van der Waals surface area contributed by atoms with Gasteiger partial charge in [-0.05, 0) is 77.7 Å². The van der Waals surface area contributed by atoms with E-state index in [4.69, 9.17) is 9.97 Å². The fraction of sp³-hybridized carbons (Fsp3) is 0.0189. The Morgan fingerprint density at radius 3 is 1.54 bits per heavy atom. The summed E-state index contributed by atoms with van der Waals surface area (Å²) in [6.07, 6.45) is 0. The molecule has 0 atom stereocenters. The Hall–Kier alpha value is -7.14. The number of rotatable bonds is 8. The van der Waals surface area contributed by atoms with E-state index in [-0.39, 0.29) is 0 Å². The van der Waals surface area contributed by atoms with Crippen molar-refractivity contribution >= 4 is 48.6 Å². The number of para-hydroxylation sites is 1. The van der Waals surface area contributed by atoms with Gasteiger partial charge in [-0.3, -0.25) is 0 Å². The zero-order chi connectivity index (χ0) is 38.1. The van der Waals surface area contributed by atoms with Crippen molar-refractivity contribution in [3.05, 3.63) is 212 Å². The minimum absolute atomic E-state index is 0.722. The second kappa shape index (κ2) is 14.8. The highest BCUT2D eigenvalue weighted by Gasteiger charge is 2.21. The number of anilines is 3. The Balaban J connectivity index is 1.16. The van der Waals surface area contributed by atoms with Crippen LogP contribution in [0.15, 0.2) is 206 Å². The molecule has 10 aromatic rings. The molecule has 0 saturated heterocycles. The number of hydrogen-bond acceptors (Lipinski definition) is 4. The standard InChI is InChI=1S/C53H37N3S/c1-36-51(39-22-11-4-12-23-39)54-53(40-24-13-5-14-25-40)55-52(36)47-28-17-29-48-50(47)46-31-30-44(35-49(46)57-48)56(43-26-15-6-16-27-43)45-33-41(37-18-7-2-8-19-37)32-42(34-45)38-20-9-3-10-21-38/h2-35H,1H3. The molecule has 2 aromatic heterocycles. The van der Waals surface area contributed by atoms with Crippen molar-refractivity contribution < 1.29 is 0 Å². The third kappa shape index (κ3) is 6.56. The van der Waals surface area contributed by atoms with Crippen molar-refractivity contribution in [3.63, 3.8) is 0 Å². The van der Waals surface area contributed by atoms with Crippen molar-refractivity contribution in [2.75, 3.05) is 4.90 Å². The van der Waals surface area contributed by atoms with Gasteiger partial charge >= 0.3 is 0 Å². The first-order chi connectivity index (χ1) is 28.2. The Labute approximate surface area is 336 Å². The Morgan fingerprint density at radius 2 is 0.930 bits per heavy atom. The number of thiophene rings is 1. The molecular weight excluding hydrogens is 711 g/mol. The van der Waals surface area contributed by atoms with Crippen LogP contribution < -0.4 is 4.90 Å². The highest BCUT2D eigenvalue weighted by molar-refractivity contribution is 7.26. The minimum Gasteiger partial charge on any atom is -0.310 e. The van der Waals surface area contributed by atoms with Crippen molar-refractivity contribution in [3.8, 4) is 56.2 Å². The van der Waals surface area contributed by atoms with Crippen molar-refractivity contribution in [2.45, 2.75) is 6.92 Å². The summed E-state index contributed by atoms with van der Waals surface area (Å²) in [5, 5.41) is 2.43. The summed E-state index contributed by atoms with van der Waals surface area (Å²) in [5.74, 6) is 0.722. The van der Waals surface area contributed by atoms with E-state index in [1.165, 1.54) is 42.4 Å². The van der Waals surface area contributed by atoms with Gasteiger partial charge in [0.25, 0.3) is 0 Å². The minimum atomic E-state index is 0.722. The fourth-order valence-electron chi connectivity index (χ4n) is 7.88. The summed E-state index contributed by atoms with van der Waals surface area (Å²) in [6, 6.07) is 73.2. The SMILES string of the molecule is Cc1c(-c2ccccc2)nc(-c2ccccc2)nc1-c1cccc2sc3cc(N(c4ccccc4)c4cc(-c5ccccc5)cc(-c5ccccc5)c4)ccc3c12. The lowest BCUT2D eigenvalue weighted by Gasteiger charge is -2.27. The van der Waals surface area contributed by atoms with Crippen LogP contribution in [0.1, 0.15) is 5.56 Å². The first kappa shape index (κ1) is 34.4. The number of hydrogen-bond donors (Lipinski definition) is 0. The van der Waals surface area contributed by atoms with E-state index in [0.717, 1.165) is 56.5 Å². The molecular formula is C53H37N3S. The van der Waals surface area contributed by atoms with Crippen LogP contribution in [0.2, 0.25) is 0 Å². The zero-order valence-electron chi connectivity index (χ0n) is 31.4. The lowest BCUT2D eigenvalue weighted by atomic mass is 9.96. The van der Waals surface area contributed by atoms with Crippen LogP contribution in [0.3, 0.4) is 0 Å². The molecule has 8 aromatic carbocycles. The van der Waals surface area contributed by atoms with E-state index < -0.39 is 0 Å². The summed E-state index contributed by atoms with van der Waals surface area (Å²) in [7, 11) is 0. The first-order valence-corrected chi connectivity index (χ1v) is 20.1. The average Bonchev–Trinajstić information content (AvgIpc) is 3.66. The van der Waals surface area contributed by atoms with Crippen LogP contribution in [0.5, 0.6) is 0 Å². The molecule has 0 unspecified atom stereocenters. The summed E-state index contributed by atoms with van der Waals surface area (Å²) in [5.41, 5.74) is 14.2. The van der Waals surface area contributed by atoms with E-state index in [2.05, 4.69) is 194 Å². The molecule has 2 heterocycles. The highest BCUT2D eigenvalue weighted by atomic mass is 32.1. The van der Waals surface area contributed by atoms with Gasteiger partial charge in [0.15, 0.2) is 5.82 Å². The largest absolute Gasteiger partial charge is 0.310 e. The lowest BCUT2D eigenvalue weighted by molar-refractivity contribution is 1.15. The second-order valence-electron chi connectivity index (χ2n) is 14.2. The Morgan fingerprint density at radius 1 is 0.386 bits per heavy atom. The maximum Gasteiger partial charge on any atom is 0.160 e. The maximum atomic E-state index is 5.31. The first-order valence-electron chi connectivity index (χ1n) is 19.2. The van der Waals surface area contributed by atoms with Crippen molar-refractivity contribution in [1.82, 2.24) is 9.97 Å². The van der Waals surface area contributed by atoms with Gasteiger partial charge in [-0.2, -0.15) is 0 Å². The molecule has 0 aliphatic carbocycles. The third-order valence-electron chi connectivity index (χ3n) is 10.6. The second-order valence-corrected chi connectivity index (χ2v) is 15.3. The quantitative estimate of drug-likeness (QED) is 0.155. The van der Waals surface area contributed by atoms with Gasteiger partial charge in [0.1, 0.15) is 0 Å². The van der Waals surface area contributed by atoms with Gasteiger partial charge in [-0.15, -0.1) is 11.3 Å². The van der Waals surface area contributed by atoms with E-state index in [1.54, 1.807) is 0 Å². The molecule has 0 spiro atoms. The van der Waals surface area contributed by atoms with E-state index in [0.29, 0.717) is 0 Å². The van der Waals surface area contributed by atoms with Gasteiger partial charge in [0, 0.05) is 59.5 Å². The van der Waals surface area contributed by atoms with Crippen LogP contribution in [0.4, 0.5) is 17.1 Å². The molecule has 0 radical (unpaired) electrons. The molecule has 0 saturated carbocycles. The highest BCUT2D eigenvalue weighted by Crippen LogP contribution is 2.45. The lowest BCUT2D eigenvalue weighted by Crippen LogP contribution is -2.10. The van der Waals surface area contributed by atoms with Gasteiger partial charge < -0.3 is 4.90 Å². The molecule has 0 aliphatic rings. The van der Waals surface area contributed by atoms with Gasteiger partial charge in [-0.25, -0.2) is 9.97 Å². The van der Waals surface area contributed by atoms with Gasteiger partial charge in [0.2, 0.25) is 0 Å². The number of fused-ring (bicyclic) bond motifs is 3. The van der Waals surface area contributed by atoms with E-state index in [1.807, 2.05) is 35.6 Å². The van der Waals surface area contributed by atoms with Gasteiger partial charge in [0.05, 0.1) is 11.4 Å². The molecule has 0 N–H and O–H groups in total. The molecule has 0 fully saturated rings. The molecule has 4 heteroatoms. The van der Waals surface area contributed by atoms with E-state index in [9.17, 15) is 0 Å². The number of nitrogens with zero attached hydrogens (tertiary/aromatic N) is 3. The Bertz CT molecular complexity index is 2940. The van der Waals surface area contributed by atoms with Crippen LogP contribution in [0.25, 0.3) is 76.3 Å². The normalized spacial score (nSPS) is 11.2. The molecule has 3 nitrogen and oxygen atoms in total. The topological polar surface area (TPSA) is 29.0 Å². The predicted octanol–water partition coefficient (Wildman–Crippen LogP) is 15.0. The molecule has 270 valence electrons. The molecule has 0 bridgehead atoms. The predicted molar refractivity (Wildman–Crippen MR) is 242 cm³/mol. The Kier molecular flexibility index (Phi) is 8.94. The monoisotopic (exact) mass is 747 g/mol. The maximum absolute atomic E-state index is 5.31. The average molecular weight is 748 g/mol. The summed E-state index contributed by atoms with van der Waals surface area (Å²) >= 11 is 1.83.